The summed E-state index contributed by atoms with van der Waals surface area (Å²) in [4.78, 5) is 2.45. The van der Waals surface area contributed by atoms with Crippen molar-refractivity contribution in [1.82, 2.24) is 0 Å². The lowest BCUT2D eigenvalue weighted by Gasteiger charge is -2.28. The van der Waals surface area contributed by atoms with Crippen molar-refractivity contribution < 1.29 is 4.42 Å². The summed E-state index contributed by atoms with van der Waals surface area (Å²) >= 11 is 1.86. The van der Waals surface area contributed by atoms with Crippen molar-refractivity contribution >= 4 is 92.1 Å². The number of furan rings is 1. The second-order valence-corrected chi connectivity index (χ2v) is 13.1. The maximum absolute atomic E-state index is 6.34. The van der Waals surface area contributed by atoms with Gasteiger partial charge >= 0.3 is 0 Å². The molecule has 0 bridgehead atoms. The van der Waals surface area contributed by atoms with E-state index in [0.717, 1.165) is 27.9 Å². The Balaban J connectivity index is 1.27. The van der Waals surface area contributed by atoms with Crippen LogP contribution in [0.4, 0.5) is 17.1 Å². The fourth-order valence-corrected chi connectivity index (χ4v) is 8.53. The van der Waals surface area contributed by atoms with Crippen molar-refractivity contribution in [3.05, 3.63) is 164 Å². The summed E-state index contributed by atoms with van der Waals surface area (Å²) in [6.07, 6.45) is 0. The van der Waals surface area contributed by atoms with E-state index in [9.17, 15) is 0 Å². The number of hydrogen-bond donors (Lipinski definition) is 0. The third kappa shape index (κ3) is 4.04. The molecule has 0 saturated carbocycles. The highest BCUT2D eigenvalue weighted by Gasteiger charge is 2.21. The number of thiophene rings is 1. The Bertz CT molecular complexity index is 2790. The molecular weight excluding hydrogens is 591 g/mol. The molecule has 0 amide bonds. The molecule has 47 heavy (non-hydrogen) atoms. The fourth-order valence-electron chi connectivity index (χ4n) is 7.33. The first-order chi connectivity index (χ1) is 23.3. The van der Waals surface area contributed by atoms with Crippen LogP contribution in [-0.2, 0) is 0 Å². The molecule has 0 radical (unpaired) electrons. The van der Waals surface area contributed by atoms with Crippen LogP contribution >= 0.6 is 11.3 Å². The first kappa shape index (κ1) is 26.3. The fraction of sp³-hybridized carbons (Fsp3) is 0. The maximum atomic E-state index is 6.34. The molecule has 220 valence electrons. The second-order valence-electron chi connectivity index (χ2n) is 12.1. The van der Waals surface area contributed by atoms with E-state index in [4.69, 9.17) is 4.42 Å². The molecule has 0 aliphatic carbocycles. The van der Waals surface area contributed by atoms with E-state index in [2.05, 4.69) is 163 Å². The Morgan fingerprint density at radius 3 is 1.96 bits per heavy atom. The molecule has 8 aromatic carbocycles. The summed E-state index contributed by atoms with van der Waals surface area (Å²) < 4.78 is 8.92. The number of nitrogens with zero attached hydrogens (tertiary/aromatic N) is 1. The average Bonchev–Trinajstić information content (AvgIpc) is 3.71. The van der Waals surface area contributed by atoms with Crippen LogP contribution in [0.3, 0.4) is 0 Å². The topological polar surface area (TPSA) is 16.4 Å². The van der Waals surface area contributed by atoms with E-state index < -0.39 is 0 Å². The van der Waals surface area contributed by atoms with Crippen LogP contribution in [0.2, 0.25) is 0 Å². The molecule has 10 aromatic rings. The number of hydrogen-bond acceptors (Lipinski definition) is 3. The van der Waals surface area contributed by atoms with Crippen LogP contribution in [0.5, 0.6) is 0 Å². The number of rotatable bonds is 4. The van der Waals surface area contributed by atoms with Crippen LogP contribution in [0.25, 0.3) is 74.8 Å². The predicted molar refractivity (Wildman–Crippen MR) is 202 cm³/mol. The van der Waals surface area contributed by atoms with Gasteiger partial charge in [0.05, 0.1) is 16.1 Å². The number of benzene rings is 8. The Morgan fingerprint density at radius 1 is 0.404 bits per heavy atom. The molecule has 2 nitrogen and oxygen atoms in total. The van der Waals surface area contributed by atoms with Gasteiger partial charge in [0.1, 0.15) is 11.2 Å². The second kappa shape index (κ2) is 10.3. The Morgan fingerprint density at radius 2 is 1.09 bits per heavy atom. The van der Waals surface area contributed by atoms with E-state index in [-0.39, 0.29) is 0 Å². The molecule has 0 spiro atoms. The SMILES string of the molecule is c1ccc(-c2ccc(N(c3cccc4c3ccc3ccc5oc6ccccc6c5c34)c3cccc4c3sc3ccccc34)cc2)cc1. The third-order valence-electron chi connectivity index (χ3n) is 9.46. The Labute approximate surface area is 275 Å². The van der Waals surface area contributed by atoms with Crippen LogP contribution in [-0.4, -0.2) is 0 Å². The van der Waals surface area contributed by atoms with Gasteiger partial charge in [-0.2, -0.15) is 0 Å². The van der Waals surface area contributed by atoms with Gasteiger partial charge in [-0.3, -0.25) is 0 Å². The predicted octanol–water partition coefficient (Wildman–Crippen LogP) is 13.4. The number of fused-ring (bicyclic) bond motifs is 10. The summed E-state index contributed by atoms with van der Waals surface area (Å²) in [5.41, 5.74) is 7.69. The van der Waals surface area contributed by atoms with Crippen molar-refractivity contribution in [2.45, 2.75) is 0 Å². The van der Waals surface area contributed by atoms with Gasteiger partial charge in [-0.1, -0.05) is 121 Å². The minimum Gasteiger partial charge on any atom is -0.456 e. The van der Waals surface area contributed by atoms with Gasteiger partial charge in [-0.05, 0) is 64.4 Å². The number of anilines is 3. The van der Waals surface area contributed by atoms with Crippen LogP contribution < -0.4 is 4.90 Å². The minimum atomic E-state index is 0.916. The Kier molecular flexibility index (Phi) is 5.78. The van der Waals surface area contributed by atoms with E-state index in [1.807, 2.05) is 17.4 Å². The van der Waals surface area contributed by atoms with E-state index in [1.165, 1.54) is 63.9 Å². The van der Waals surface area contributed by atoms with E-state index in [1.54, 1.807) is 0 Å². The van der Waals surface area contributed by atoms with Crippen molar-refractivity contribution in [1.29, 1.82) is 0 Å². The lowest BCUT2D eigenvalue weighted by molar-refractivity contribution is 0.669. The molecule has 3 heteroatoms. The van der Waals surface area contributed by atoms with Crippen molar-refractivity contribution in [2.75, 3.05) is 4.90 Å². The van der Waals surface area contributed by atoms with E-state index >= 15 is 0 Å². The molecule has 0 aliphatic heterocycles. The summed E-state index contributed by atoms with van der Waals surface area (Å²) in [5.74, 6) is 0. The standard InChI is InChI=1S/C44H27NOS/c1-2-10-28(11-3-1)29-20-24-31(25-21-29)45(38-17-9-15-35-33-12-5-7-19-41(33)47-44(35)38)37-16-8-14-34-32(37)26-22-30-23-27-40-43(42(30)34)36-13-4-6-18-39(36)46-40/h1-27H. The maximum Gasteiger partial charge on any atom is 0.136 e. The largest absolute Gasteiger partial charge is 0.456 e. The average molecular weight is 618 g/mol. The normalized spacial score (nSPS) is 11.8. The highest BCUT2D eigenvalue weighted by molar-refractivity contribution is 7.26. The zero-order chi connectivity index (χ0) is 30.9. The van der Waals surface area contributed by atoms with Gasteiger partial charge in [-0.15, -0.1) is 11.3 Å². The zero-order valence-corrected chi connectivity index (χ0v) is 26.2. The summed E-state index contributed by atoms with van der Waals surface area (Å²) in [6, 6.07) is 59.0. The molecule has 0 fully saturated rings. The molecule has 0 unspecified atom stereocenters. The molecule has 2 heterocycles. The minimum absolute atomic E-state index is 0.916. The van der Waals surface area contributed by atoms with Crippen molar-refractivity contribution in [2.24, 2.45) is 0 Å². The van der Waals surface area contributed by atoms with Gasteiger partial charge in [0.25, 0.3) is 0 Å². The quantitative estimate of drug-likeness (QED) is 0.183. The van der Waals surface area contributed by atoms with E-state index in [0.29, 0.717) is 0 Å². The third-order valence-corrected chi connectivity index (χ3v) is 10.7. The molecule has 10 rings (SSSR count). The molecule has 0 N–H and O–H groups in total. The number of para-hydroxylation sites is 1. The zero-order valence-electron chi connectivity index (χ0n) is 25.4. The molecule has 0 saturated heterocycles. The van der Waals surface area contributed by atoms with Crippen LogP contribution in [0.1, 0.15) is 0 Å². The molecule has 0 atom stereocenters. The highest BCUT2D eigenvalue weighted by atomic mass is 32.1. The molecular formula is C44H27NOS. The summed E-state index contributed by atoms with van der Waals surface area (Å²) in [7, 11) is 0. The smallest absolute Gasteiger partial charge is 0.136 e. The lowest BCUT2D eigenvalue weighted by atomic mass is 9.96. The van der Waals surface area contributed by atoms with Crippen LogP contribution in [0.15, 0.2) is 168 Å². The van der Waals surface area contributed by atoms with Gasteiger partial charge < -0.3 is 9.32 Å². The van der Waals surface area contributed by atoms with Crippen LogP contribution in [0, 0.1) is 0 Å². The van der Waals surface area contributed by atoms with Gasteiger partial charge in [-0.25, -0.2) is 0 Å². The highest BCUT2D eigenvalue weighted by Crippen LogP contribution is 2.48. The molecule has 0 aliphatic rings. The van der Waals surface area contributed by atoms with Gasteiger partial charge in [0.2, 0.25) is 0 Å². The first-order valence-corrected chi connectivity index (χ1v) is 16.7. The first-order valence-electron chi connectivity index (χ1n) is 15.9. The lowest BCUT2D eigenvalue weighted by Crippen LogP contribution is -2.10. The van der Waals surface area contributed by atoms with Gasteiger partial charge in [0.15, 0.2) is 0 Å². The van der Waals surface area contributed by atoms with Gasteiger partial charge in [0, 0.05) is 42.7 Å². The molecule has 2 aromatic heterocycles. The Hall–Kier alpha value is -5.90. The summed E-state index contributed by atoms with van der Waals surface area (Å²) in [6.45, 7) is 0. The monoisotopic (exact) mass is 617 g/mol. The van der Waals surface area contributed by atoms with Crippen molar-refractivity contribution in [3.8, 4) is 11.1 Å². The van der Waals surface area contributed by atoms with Crippen molar-refractivity contribution in [3.63, 3.8) is 0 Å². The summed E-state index contributed by atoms with van der Waals surface area (Å²) in [5, 5.41) is 9.75.